The first kappa shape index (κ1) is 36.6. The Balaban J connectivity index is 1.04. The molecule has 1 aromatic heterocycles. The highest BCUT2D eigenvalue weighted by atomic mass is 16.3. The van der Waals surface area contributed by atoms with Gasteiger partial charge in [-0.3, -0.25) is 0 Å². The maximum absolute atomic E-state index is 6.54. The first-order valence-corrected chi connectivity index (χ1v) is 21.7. The van der Waals surface area contributed by atoms with E-state index < -0.39 is 5.41 Å². The summed E-state index contributed by atoms with van der Waals surface area (Å²) in [5, 5.41) is 2.23. The highest BCUT2D eigenvalue weighted by Gasteiger charge is 2.47. The van der Waals surface area contributed by atoms with Crippen LogP contribution in [0, 0.1) is 0 Å². The number of hydrogen-bond acceptors (Lipinski definition) is 2. The Hall–Kier alpha value is -8.20. The molecule has 0 saturated heterocycles. The first-order valence-electron chi connectivity index (χ1n) is 21.7. The van der Waals surface area contributed by atoms with Crippen molar-refractivity contribution in [2.24, 2.45) is 0 Å². The number of anilines is 3. The van der Waals surface area contributed by atoms with E-state index in [1.54, 1.807) is 0 Å². The van der Waals surface area contributed by atoms with Crippen LogP contribution in [0.3, 0.4) is 0 Å². The van der Waals surface area contributed by atoms with Gasteiger partial charge in [-0.05, 0) is 98.1 Å². The van der Waals surface area contributed by atoms with Gasteiger partial charge in [0, 0.05) is 33.3 Å². The Morgan fingerprint density at radius 3 is 1.60 bits per heavy atom. The van der Waals surface area contributed by atoms with Crippen molar-refractivity contribution in [3.05, 3.63) is 271 Å². The van der Waals surface area contributed by atoms with Crippen molar-refractivity contribution in [3.8, 4) is 44.5 Å². The zero-order chi connectivity index (χ0) is 41.7. The molecular formula is C61H41NO. The number of rotatable bonds is 8. The van der Waals surface area contributed by atoms with Crippen LogP contribution in [0.25, 0.3) is 66.4 Å². The average Bonchev–Trinajstić information content (AvgIpc) is 3.90. The fourth-order valence-electron chi connectivity index (χ4n) is 10.2. The van der Waals surface area contributed by atoms with E-state index >= 15 is 0 Å². The maximum atomic E-state index is 6.54. The van der Waals surface area contributed by atoms with Gasteiger partial charge in [0.15, 0.2) is 0 Å². The standard InChI is InChI=1S/C61H41NO/c1-5-18-42(19-6-1)45-22-15-27-50(40-45)62(49-37-34-43(35-38-49)46-36-39-58-54(41-46)52-30-16-29-51(60(52)63-58)44-20-7-2-8-21-44)57-33-17-32-56-59(57)53-28-13-14-31-55(53)61(56,47-23-9-3-10-24-47)48-25-11-4-12-26-48/h1-41H. The minimum absolute atomic E-state index is 0.510. The second kappa shape index (κ2) is 15.1. The van der Waals surface area contributed by atoms with Crippen molar-refractivity contribution in [2.75, 3.05) is 4.90 Å². The molecule has 1 heterocycles. The summed E-state index contributed by atoms with van der Waals surface area (Å²) in [6.45, 7) is 0. The molecule has 0 saturated carbocycles. The number of para-hydroxylation sites is 1. The van der Waals surface area contributed by atoms with Gasteiger partial charge in [0.05, 0.1) is 11.1 Å². The lowest BCUT2D eigenvalue weighted by Crippen LogP contribution is -2.28. The molecule has 1 aliphatic rings. The summed E-state index contributed by atoms with van der Waals surface area (Å²) in [7, 11) is 0. The van der Waals surface area contributed by atoms with Crippen molar-refractivity contribution in [1.82, 2.24) is 0 Å². The fraction of sp³-hybridized carbons (Fsp3) is 0.0164. The number of hydrogen-bond donors (Lipinski definition) is 0. The largest absolute Gasteiger partial charge is 0.455 e. The third-order valence-electron chi connectivity index (χ3n) is 13.0. The molecule has 296 valence electrons. The number of fused-ring (bicyclic) bond motifs is 6. The van der Waals surface area contributed by atoms with Crippen molar-refractivity contribution < 1.29 is 4.42 Å². The minimum Gasteiger partial charge on any atom is -0.455 e. The van der Waals surface area contributed by atoms with Crippen LogP contribution < -0.4 is 4.90 Å². The van der Waals surface area contributed by atoms with E-state index in [1.165, 1.54) is 44.5 Å². The molecule has 11 aromatic rings. The molecule has 0 fully saturated rings. The van der Waals surface area contributed by atoms with Gasteiger partial charge < -0.3 is 9.32 Å². The molecule has 0 bridgehead atoms. The monoisotopic (exact) mass is 803 g/mol. The summed E-state index contributed by atoms with van der Waals surface area (Å²) >= 11 is 0. The molecule has 0 aliphatic heterocycles. The fourth-order valence-corrected chi connectivity index (χ4v) is 10.2. The van der Waals surface area contributed by atoms with Crippen LogP contribution in [0.4, 0.5) is 17.1 Å². The van der Waals surface area contributed by atoms with Crippen molar-refractivity contribution in [2.45, 2.75) is 5.41 Å². The topological polar surface area (TPSA) is 16.4 Å². The lowest BCUT2D eigenvalue weighted by atomic mass is 9.68. The highest BCUT2D eigenvalue weighted by molar-refractivity contribution is 6.10. The average molecular weight is 804 g/mol. The molecule has 0 amide bonds. The van der Waals surface area contributed by atoms with Gasteiger partial charge in [-0.25, -0.2) is 0 Å². The Kier molecular flexibility index (Phi) is 8.76. The molecule has 12 rings (SSSR count). The Labute approximate surface area is 367 Å². The van der Waals surface area contributed by atoms with E-state index in [1.807, 2.05) is 0 Å². The minimum atomic E-state index is -0.510. The zero-order valence-electron chi connectivity index (χ0n) is 34.5. The van der Waals surface area contributed by atoms with Gasteiger partial charge in [0.1, 0.15) is 11.2 Å². The van der Waals surface area contributed by atoms with Gasteiger partial charge in [-0.15, -0.1) is 0 Å². The molecule has 0 spiro atoms. The number of nitrogens with zero attached hydrogens (tertiary/aromatic N) is 1. The summed E-state index contributed by atoms with van der Waals surface area (Å²) in [6, 6.07) is 90.2. The normalized spacial score (nSPS) is 12.6. The van der Waals surface area contributed by atoms with Crippen LogP contribution in [0.2, 0.25) is 0 Å². The van der Waals surface area contributed by atoms with E-state index in [2.05, 4.69) is 254 Å². The van der Waals surface area contributed by atoms with Crippen LogP contribution in [0.1, 0.15) is 22.3 Å². The Morgan fingerprint density at radius 2 is 0.873 bits per heavy atom. The molecule has 0 N–H and O–H groups in total. The lowest BCUT2D eigenvalue weighted by molar-refractivity contribution is 0.670. The maximum Gasteiger partial charge on any atom is 0.143 e. The molecule has 0 unspecified atom stereocenters. The van der Waals surface area contributed by atoms with Crippen molar-refractivity contribution in [1.29, 1.82) is 0 Å². The molecule has 0 atom stereocenters. The van der Waals surface area contributed by atoms with E-state index in [9.17, 15) is 0 Å². The summed E-state index contributed by atoms with van der Waals surface area (Å²) in [6.07, 6.45) is 0. The molecular weight excluding hydrogens is 763 g/mol. The zero-order valence-corrected chi connectivity index (χ0v) is 34.5. The van der Waals surface area contributed by atoms with Crippen LogP contribution in [-0.4, -0.2) is 0 Å². The van der Waals surface area contributed by atoms with Crippen LogP contribution in [0.15, 0.2) is 253 Å². The summed E-state index contributed by atoms with van der Waals surface area (Å²) in [5.74, 6) is 0. The smallest absolute Gasteiger partial charge is 0.143 e. The molecule has 63 heavy (non-hydrogen) atoms. The first-order chi connectivity index (χ1) is 31.3. The van der Waals surface area contributed by atoms with Gasteiger partial charge in [0.25, 0.3) is 0 Å². The Bertz CT molecular complexity index is 3390. The summed E-state index contributed by atoms with van der Waals surface area (Å²) < 4.78 is 6.54. The second-order valence-corrected chi connectivity index (χ2v) is 16.4. The van der Waals surface area contributed by atoms with E-state index in [-0.39, 0.29) is 0 Å². The molecule has 10 aromatic carbocycles. The lowest BCUT2D eigenvalue weighted by Gasteiger charge is -2.34. The van der Waals surface area contributed by atoms with Crippen LogP contribution in [-0.2, 0) is 5.41 Å². The molecule has 1 aliphatic carbocycles. The van der Waals surface area contributed by atoms with Crippen LogP contribution in [0.5, 0.6) is 0 Å². The SMILES string of the molecule is c1ccc(-c2cccc(N(c3ccc(-c4ccc5oc6c(-c7ccccc7)cccc6c5c4)cc3)c3cccc4c3-c3ccccc3C4(c3ccccc3)c3ccccc3)c2)cc1. The number of furan rings is 1. The molecule has 2 nitrogen and oxygen atoms in total. The predicted molar refractivity (Wildman–Crippen MR) is 262 cm³/mol. The van der Waals surface area contributed by atoms with E-state index in [4.69, 9.17) is 4.42 Å². The summed E-state index contributed by atoms with van der Waals surface area (Å²) in [4.78, 5) is 2.45. The third kappa shape index (κ3) is 5.95. The highest BCUT2D eigenvalue weighted by Crippen LogP contribution is 2.59. The second-order valence-electron chi connectivity index (χ2n) is 16.4. The quantitative estimate of drug-likeness (QED) is 0.152. The van der Waals surface area contributed by atoms with Crippen molar-refractivity contribution in [3.63, 3.8) is 0 Å². The Morgan fingerprint density at radius 1 is 0.333 bits per heavy atom. The van der Waals surface area contributed by atoms with Gasteiger partial charge in [-0.2, -0.15) is 0 Å². The van der Waals surface area contributed by atoms with E-state index in [0.717, 1.165) is 61.3 Å². The van der Waals surface area contributed by atoms with Gasteiger partial charge in [0.2, 0.25) is 0 Å². The predicted octanol–water partition coefficient (Wildman–Crippen LogP) is 16.4. The van der Waals surface area contributed by atoms with E-state index in [0.29, 0.717) is 0 Å². The number of benzene rings is 10. The third-order valence-corrected chi connectivity index (χ3v) is 13.0. The molecule has 2 heteroatoms. The van der Waals surface area contributed by atoms with Gasteiger partial charge in [-0.1, -0.05) is 206 Å². The molecule has 0 radical (unpaired) electrons. The van der Waals surface area contributed by atoms with Crippen LogP contribution >= 0.6 is 0 Å². The van der Waals surface area contributed by atoms with Gasteiger partial charge >= 0.3 is 0 Å². The summed E-state index contributed by atoms with van der Waals surface area (Å²) in [5.41, 5.74) is 19.0. The van der Waals surface area contributed by atoms with Crippen molar-refractivity contribution >= 4 is 39.0 Å².